The number of nitriles is 1. The molecule has 2 heterocycles. The van der Waals surface area contributed by atoms with Gasteiger partial charge in [-0.3, -0.25) is 9.59 Å². The summed E-state index contributed by atoms with van der Waals surface area (Å²) < 4.78 is 18.7. The molecule has 2 atom stereocenters. The molecule has 1 aromatic carbocycles. The van der Waals surface area contributed by atoms with Gasteiger partial charge in [0, 0.05) is 0 Å². The molecule has 0 aliphatic carbocycles. The Morgan fingerprint density at radius 1 is 0.778 bits per heavy atom. The van der Waals surface area contributed by atoms with E-state index in [1.807, 2.05) is 26.8 Å². The lowest BCUT2D eigenvalue weighted by molar-refractivity contribution is -0.141. The number of allylic oxidation sites excluding steroid dienone is 1. The standard InChI is InChI=1S/C33H40N2O6S4/c1-8-14-16-19(10-3)29(36)40-23-25-26(43-32(42-25)21(18-34)31(38)39-13-6)24(41-30(37)20(11-4)17-15-9-2)28-27(23)44-33(45-28)22(12-5)35-7/h19-20H,8-17H2,1-6H3. The monoisotopic (exact) mass is 688 g/mol. The van der Waals surface area contributed by atoms with Crippen molar-refractivity contribution in [3.63, 3.8) is 0 Å². The van der Waals surface area contributed by atoms with Gasteiger partial charge >= 0.3 is 17.9 Å². The third-order valence-electron chi connectivity index (χ3n) is 7.39. The smallest absolute Gasteiger partial charge is 0.350 e. The number of esters is 3. The molecule has 0 amide bonds. The molecule has 0 saturated carbocycles. The van der Waals surface area contributed by atoms with Crippen molar-refractivity contribution in [1.29, 1.82) is 5.26 Å². The summed E-state index contributed by atoms with van der Waals surface area (Å²) in [5.41, 5.74) is 0.401. The normalized spacial score (nSPS) is 14.5. The molecular weight excluding hydrogens is 649 g/mol. The van der Waals surface area contributed by atoms with Gasteiger partial charge in [0.25, 0.3) is 0 Å². The Bertz CT molecular complexity index is 1380. The Hall–Kier alpha value is -2.51. The molecule has 1 aromatic rings. The Morgan fingerprint density at radius 2 is 1.22 bits per heavy atom. The lowest BCUT2D eigenvalue weighted by Gasteiger charge is -2.20. The Balaban J connectivity index is 2.28. The van der Waals surface area contributed by atoms with Gasteiger partial charge in [0.2, 0.25) is 0 Å². The van der Waals surface area contributed by atoms with E-state index in [1.54, 1.807) is 6.92 Å². The van der Waals surface area contributed by atoms with E-state index in [-0.39, 0.29) is 36.0 Å². The fourth-order valence-corrected chi connectivity index (χ4v) is 10.2. The number of carbonyl (C=O) groups excluding carboxylic acids is 3. The van der Waals surface area contributed by atoms with Gasteiger partial charge < -0.3 is 14.2 Å². The molecule has 0 radical (unpaired) electrons. The molecule has 12 heteroatoms. The van der Waals surface area contributed by atoms with Crippen LogP contribution in [0.3, 0.4) is 0 Å². The number of thioether (sulfide) groups is 4. The van der Waals surface area contributed by atoms with E-state index in [1.165, 1.54) is 23.5 Å². The van der Waals surface area contributed by atoms with E-state index in [0.29, 0.717) is 73.1 Å². The number of benzene rings is 1. The summed E-state index contributed by atoms with van der Waals surface area (Å²) in [6, 6.07) is 1.98. The fourth-order valence-electron chi connectivity index (χ4n) is 4.70. The van der Waals surface area contributed by atoms with Crippen molar-refractivity contribution in [3.8, 4) is 17.6 Å². The first-order valence-corrected chi connectivity index (χ1v) is 18.8. The van der Waals surface area contributed by atoms with Crippen LogP contribution in [-0.4, -0.2) is 24.5 Å². The summed E-state index contributed by atoms with van der Waals surface area (Å²) >= 11 is 4.93. The molecule has 0 saturated heterocycles. The number of ether oxygens (including phenoxy) is 3. The van der Waals surface area contributed by atoms with Crippen LogP contribution in [0.2, 0.25) is 0 Å². The van der Waals surface area contributed by atoms with Gasteiger partial charge in [0.05, 0.1) is 53.1 Å². The lowest BCUT2D eigenvalue weighted by atomic mass is 10.00. The van der Waals surface area contributed by atoms with Gasteiger partial charge in [-0.05, 0) is 39.0 Å². The van der Waals surface area contributed by atoms with Crippen LogP contribution in [0.5, 0.6) is 11.5 Å². The van der Waals surface area contributed by atoms with Crippen LogP contribution in [0, 0.1) is 29.7 Å². The van der Waals surface area contributed by atoms with E-state index in [9.17, 15) is 19.6 Å². The molecule has 0 spiro atoms. The molecule has 0 bridgehead atoms. The number of unbranched alkanes of at least 4 members (excludes halogenated alkanes) is 2. The minimum atomic E-state index is -0.748. The number of carbonyl (C=O) groups is 3. The zero-order chi connectivity index (χ0) is 33.1. The van der Waals surface area contributed by atoms with Gasteiger partial charge in [-0.15, -0.1) is 0 Å². The number of nitrogens with zero attached hydrogens (tertiary/aromatic N) is 2. The fraction of sp³-hybridized carbons (Fsp3) is 0.545. The molecule has 0 N–H and O–H groups in total. The van der Waals surface area contributed by atoms with Crippen LogP contribution in [0.4, 0.5) is 0 Å². The van der Waals surface area contributed by atoms with E-state index >= 15 is 0 Å². The molecule has 3 rings (SSSR count). The lowest BCUT2D eigenvalue weighted by Crippen LogP contribution is -2.22. The minimum absolute atomic E-state index is 0.106. The highest BCUT2D eigenvalue weighted by atomic mass is 32.2. The molecule has 8 nitrogen and oxygen atoms in total. The Labute approximate surface area is 283 Å². The molecule has 242 valence electrons. The van der Waals surface area contributed by atoms with E-state index in [2.05, 4.69) is 18.7 Å². The zero-order valence-electron chi connectivity index (χ0n) is 26.7. The first-order valence-electron chi connectivity index (χ1n) is 15.5. The second-order valence-electron chi connectivity index (χ2n) is 10.4. The summed E-state index contributed by atoms with van der Waals surface area (Å²) in [5.74, 6) is -1.46. The number of fused-ring (bicyclic) bond motifs is 2. The van der Waals surface area contributed by atoms with Crippen molar-refractivity contribution in [2.45, 2.75) is 119 Å². The van der Waals surface area contributed by atoms with Crippen LogP contribution in [0.15, 0.2) is 39.3 Å². The summed E-state index contributed by atoms with van der Waals surface area (Å²) in [5, 5.41) is 9.93. The largest absolute Gasteiger partial charge is 0.462 e. The van der Waals surface area contributed by atoms with E-state index in [0.717, 1.165) is 53.4 Å². The van der Waals surface area contributed by atoms with Gasteiger partial charge in [-0.1, -0.05) is 107 Å². The van der Waals surface area contributed by atoms with Crippen molar-refractivity contribution >= 4 is 65.0 Å². The van der Waals surface area contributed by atoms with E-state index in [4.69, 9.17) is 20.8 Å². The third kappa shape index (κ3) is 8.65. The molecule has 2 aliphatic heterocycles. The summed E-state index contributed by atoms with van der Waals surface area (Å²) in [6.07, 6.45) is 6.83. The molecular formula is C33H40N2O6S4. The number of hydrogen-bond acceptors (Lipinski definition) is 11. The van der Waals surface area contributed by atoms with Crippen LogP contribution >= 0.6 is 47.0 Å². The maximum Gasteiger partial charge on any atom is 0.350 e. The van der Waals surface area contributed by atoms with Crippen LogP contribution in [0.25, 0.3) is 4.85 Å². The minimum Gasteiger partial charge on any atom is -0.462 e. The first-order chi connectivity index (χ1) is 21.7. The molecule has 2 unspecified atom stereocenters. The second-order valence-corrected chi connectivity index (χ2v) is 15.0. The van der Waals surface area contributed by atoms with Crippen molar-refractivity contribution in [3.05, 3.63) is 31.2 Å². The molecule has 45 heavy (non-hydrogen) atoms. The van der Waals surface area contributed by atoms with Crippen molar-refractivity contribution in [2.24, 2.45) is 11.8 Å². The Kier molecular flexibility index (Phi) is 14.8. The predicted molar refractivity (Wildman–Crippen MR) is 181 cm³/mol. The number of rotatable bonds is 15. The summed E-state index contributed by atoms with van der Waals surface area (Å²) in [6.45, 7) is 19.5. The summed E-state index contributed by atoms with van der Waals surface area (Å²) in [4.78, 5) is 45.9. The molecule has 2 aliphatic rings. The average Bonchev–Trinajstić information content (AvgIpc) is 3.66. The third-order valence-corrected chi connectivity index (χ3v) is 12.6. The highest BCUT2D eigenvalue weighted by Crippen LogP contribution is 2.68. The maximum absolute atomic E-state index is 13.6. The highest BCUT2D eigenvalue weighted by Gasteiger charge is 2.41. The average molecular weight is 689 g/mol. The van der Waals surface area contributed by atoms with Crippen molar-refractivity contribution in [1.82, 2.24) is 0 Å². The zero-order valence-corrected chi connectivity index (χ0v) is 30.0. The van der Waals surface area contributed by atoms with Crippen LogP contribution < -0.4 is 9.47 Å². The van der Waals surface area contributed by atoms with Crippen molar-refractivity contribution < 1.29 is 28.6 Å². The molecule has 0 fully saturated rings. The van der Waals surface area contributed by atoms with E-state index < -0.39 is 5.97 Å². The summed E-state index contributed by atoms with van der Waals surface area (Å²) in [7, 11) is 0. The molecule has 0 aromatic heterocycles. The maximum atomic E-state index is 13.6. The topological polar surface area (TPSA) is 107 Å². The quantitative estimate of drug-likeness (QED) is 0.0577. The van der Waals surface area contributed by atoms with Gasteiger partial charge in [-0.25, -0.2) is 9.64 Å². The SMILES string of the molecule is [C-]#[N+]C(CC)=C1Sc2c(OC(=O)C(CC)CCCC)c3c(c(OC(=O)C(CC)CCCC)c2S1)SC(=C(C#N)C(=O)OCC)S3. The Morgan fingerprint density at radius 3 is 1.56 bits per heavy atom. The van der Waals surface area contributed by atoms with Crippen molar-refractivity contribution in [2.75, 3.05) is 6.61 Å². The van der Waals surface area contributed by atoms with Gasteiger partial charge in [0.1, 0.15) is 6.07 Å². The number of hydrogen-bond donors (Lipinski definition) is 0. The van der Waals surface area contributed by atoms with Crippen LogP contribution in [0.1, 0.15) is 99.3 Å². The van der Waals surface area contributed by atoms with Gasteiger partial charge in [-0.2, -0.15) is 5.26 Å². The van der Waals surface area contributed by atoms with Gasteiger partial charge in [0.15, 0.2) is 22.8 Å². The second kappa shape index (κ2) is 18.0. The first kappa shape index (κ1) is 37.0. The highest BCUT2D eigenvalue weighted by molar-refractivity contribution is 8.26. The predicted octanol–water partition coefficient (Wildman–Crippen LogP) is 10.1. The van der Waals surface area contributed by atoms with Crippen LogP contribution in [-0.2, 0) is 19.1 Å².